The maximum atomic E-state index is 12.2. The zero-order valence-corrected chi connectivity index (χ0v) is 14.0. The fourth-order valence-corrected chi connectivity index (χ4v) is 2.76. The number of hydrogen-bond acceptors (Lipinski definition) is 5. The van der Waals surface area contributed by atoms with Crippen LogP contribution in [0.3, 0.4) is 0 Å². The first-order valence-electron chi connectivity index (χ1n) is 8.05. The van der Waals surface area contributed by atoms with Crippen LogP contribution >= 0.6 is 0 Å². The van der Waals surface area contributed by atoms with Gasteiger partial charge in [0.15, 0.2) is 0 Å². The van der Waals surface area contributed by atoms with Crippen LogP contribution in [0.2, 0.25) is 0 Å². The van der Waals surface area contributed by atoms with Gasteiger partial charge in [-0.3, -0.25) is 9.58 Å². The number of ether oxygens (including phenoxy) is 2. The Balaban J connectivity index is 1.85. The summed E-state index contributed by atoms with van der Waals surface area (Å²) < 4.78 is 12.8. The van der Waals surface area contributed by atoms with Gasteiger partial charge in [-0.05, 0) is 25.8 Å². The van der Waals surface area contributed by atoms with Gasteiger partial charge in [0, 0.05) is 26.2 Å². The molecule has 1 aliphatic heterocycles. The summed E-state index contributed by atoms with van der Waals surface area (Å²) in [5, 5.41) is 4.27. The first kappa shape index (κ1) is 17.0. The van der Waals surface area contributed by atoms with Gasteiger partial charge in [-0.15, -0.1) is 0 Å². The van der Waals surface area contributed by atoms with Gasteiger partial charge in [-0.25, -0.2) is 4.79 Å². The summed E-state index contributed by atoms with van der Waals surface area (Å²) in [5.41, 5.74) is 1.33. The largest absolute Gasteiger partial charge is 0.458 e. The lowest BCUT2D eigenvalue weighted by Crippen LogP contribution is -2.45. The van der Waals surface area contributed by atoms with Crippen LogP contribution in [0.15, 0.2) is 6.07 Å². The summed E-state index contributed by atoms with van der Waals surface area (Å²) in [4.78, 5) is 14.6. The van der Waals surface area contributed by atoms with E-state index in [0.29, 0.717) is 31.4 Å². The van der Waals surface area contributed by atoms with E-state index >= 15 is 0 Å². The molecule has 22 heavy (non-hydrogen) atoms. The number of aryl methyl sites for hydroxylation is 2. The highest BCUT2D eigenvalue weighted by atomic mass is 16.6. The minimum Gasteiger partial charge on any atom is -0.458 e. The lowest BCUT2D eigenvalue weighted by molar-refractivity contribution is -0.0614. The highest BCUT2D eigenvalue weighted by Crippen LogP contribution is 2.10. The molecule has 0 N–H and O–H groups in total. The zero-order valence-electron chi connectivity index (χ0n) is 14.0. The predicted octanol–water partition coefficient (Wildman–Crippen LogP) is 1.73. The molecule has 0 bridgehead atoms. The van der Waals surface area contributed by atoms with Gasteiger partial charge in [-0.1, -0.05) is 13.8 Å². The van der Waals surface area contributed by atoms with E-state index in [1.54, 1.807) is 10.7 Å². The summed E-state index contributed by atoms with van der Waals surface area (Å²) in [6, 6.07) is 1.76. The van der Waals surface area contributed by atoms with Crippen LogP contribution in [0.5, 0.6) is 0 Å². The van der Waals surface area contributed by atoms with Crippen molar-refractivity contribution in [3.63, 3.8) is 0 Å². The van der Waals surface area contributed by atoms with Crippen molar-refractivity contribution >= 4 is 5.97 Å². The molecule has 2 heterocycles. The van der Waals surface area contributed by atoms with E-state index in [0.717, 1.165) is 25.3 Å². The van der Waals surface area contributed by atoms with E-state index in [9.17, 15) is 4.79 Å². The molecule has 6 heteroatoms. The molecule has 0 unspecified atom stereocenters. The number of carbonyl (C=O) groups excluding carboxylic acids is 1. The van der Waals surface area contributed by atoms with Crippen LogP contribution in [0.25, 0.3) is 0 Å². The Kier molecular flexibility index (Phi) is 5.97. The van der Waals surface area contributed by atoms with Gasteiger partial charge >= 0.3 is 5.97 Å². The number of carbonyl (C=O) groups is 1. The standard InChI is InChI=1S/C16H27N3O3/c1-5-19-15(8-13(4)17-19)16(20)22-11-14-10-18(6-7-21-14)9-12(2)3/h8,12,14H,5-7,9-11H2,1-4H3/t14-/m0/s1. The van der Waals surface area contributed by atoms with Crippen molar-refractivity contribution in [3.05, 3.63) is 17.5 Å². The Morgan fingerprint density at radius 1 is 1.55 bits per heavy atom. The molecule has 124 valence electrons. The molecule has 0 aromatic carbocycles. The molecule has 1 saturated heterocycles. The normalized spacial score (nSPS) is 19.6. The third-order valence-corrected chi connectivity index (χ3v) is 3.66. The second-order valence-corrected chi connectivity index (χ2v) is 6.23. The summed E-state index contributed by atoms with van der Waals surface area (Å²) in [7, 11) is 0. The summed E-state index contributed by atoms with van der Waals surface area (Å²) in [5.74, 6) is 0.301. The Labute approximate surface area is 132 Å². The van der Waals surface area contributed by atoms with Crippen molar-refractivity contribution in [1.82, 2.24) is 14.7 Å². The van der Waals surface area contributed by atoms with Crippen LogP contribution in [0, 0.1) is 12.8 Å². The van der Waals surface area contributed by atoms with Gasteiger partial charge in [0.1, 0.15) is 18.4 Å². The first-order chi connectivity index (χ1) is 10.5. The van der Waals surface area contributed by atoms with Crippen molar-refractivity contribution in [2.75, 3.05) is 32.8 Å². The fraction of sp³-hybridized carbons (Fsp3) is 0.750. The average molecular weight is 309 g/mol. The second-order valence-electron chi connectivity index (χ2n) is 6.23. The third-order valence-electron chi connectivity index (χ3n) is 3.66. The quantitative estimate of drug-likeness (QED) is 0.749. The molecule has 1 aliphatic rings. The van der Waals surface area contributed by atoms with E-state index in [-0.39, 0.29) is 12.1 Å². The molecule has 1 atom stereocenters. The topological polar surface area (TPSA) is 56.6 Å². The molecule has 0 saturated carbocycles. The van der Waals surface area contributed by atoms with Crippen LogP contribution in [-0.2, 0) is 16.0 Å². The van der Waals surface area contributed by atoms with Gasteiger partial charge in [-0.2, -0.15) is 5.10 Å². The van der Waals surface area contributed by atoms with E-state index in [2.05, 4.69) is 23.8 Å². The number of nitrogens with zero attached hydrogens (tertiary/aromatic N) is 3. The van der Waals surface area contributed by atoms with Crippen molar-refractivity contribution in [2.45, 2.75) is 40.3 Å². The van der Waals surface area contributed by atoms with Crippen molar-refractivity contribution in [2.24, 2.45) is 5.92 Å². The molecule has 0 aliphatic carbocycles. The number of hydrogen-bond donors (Lipinski definition) is 0. The number of aromatic nitrogens is 2. The Morgan fingerprint density at radius 2 is 2.32 bits per heavy atom. The van der Waals surface area contributed by atoms with Gasteiger partial charge in [0.2, 0.25) is 0 Å². The summed E-state index contributed by atoms with van der Waals surface area (Å²) in [6.07, 6.45) is -0.0458. The molecule has 6 nitrogen and oxygen atoms in total. The maximum Gasteiger partial charge on any atom is 0.356 e. The van der Waals surface area contributed by atoms with Gasteiger partial charge in [0.05, 0.1) is 12.3 Å². The Bertz CT molecular complexity index is 499. The van der Waals surface area contributed by atoms with Gasteiger partial charge < -0.3 is 9.47 Å². The zero-order chi connectivity index (χ0) is 16.1. The molecule has 1 aromatic heterocycles. The molecule has 2 rings (SSSR count). The smallest absolute Gasteiger partial charge is 0.356 e. The van der Waals surface area contributed by atoms with Crippen LogP contribution in [-0.4, -0.2) is 59.6 Å². The number of morpholine rings is 1. The molecule has 0 radical (unpaired) electrons. The lowest BCUT2D eigenvalue weighted by atomic mass is 10.2. The molecular formula is C16H27N3O3. The summed E-state index contributed by atoms with van der Waals surface area (Å²) in [6.45, 7) is 12.7. The van der Waals surface area contributed by atoms with Crippen LogP contribution in [0.1, 0.15) is 37.0 Å². The Morgan fingerprint density at radius 3 is 3.00 bits per heavy atom. The van der Waals surface area contributed by atoms with Crippen LogP contribution in [0.4, 0.5) is 0 Å². The van der Waals surface area contributed by atoms with Crippen molar-refractivity contribution < 1.29 is 14.3 Å². The minimum absolute atomic E-state index is 0.0458. The van der Waals surface area contributed by atoms with E-state index < -0.39 is 0 Å². The first-order valence-corrected chi connectivity index (χ1v) is 8.05. The van der Waals surface area contributed by atoms with E-state index in [4.69, 9.17) is 9.47 Å². The average Bonchev–Trinajstić information content (AvgIpc) is 2.85. The molecule has 1 fully saturated rings. The fourth-order valence-electron chi connectivity index (χ4n) is 2.76. The molecular weight excluding hydrogens is 282 g/mol. The van der Waals surface area contributed by atoms with Crippen LogP contribution < -0.4 is 0 Å². The second kappa shape index (κ2) is 7.74. The number of rotatable bonds is 6. The monoisotopic (exact) mass is 309 g/mol. The molecule has 1 aromatic rings. The van der Waals surface area contributed by atoms with Gasteiger partial charge in [0.25, 0.3) is 0 Å². The lowest BCUT2D eigenvalue weighted by Gasteiger charge is -2.33. The Hall–Kier alpha value is -1.40. The van der Waals surface area contributed by atoms with Crippen molar-refractivity contribution in [1.29, 1.82) is 0 Å². The third kappa shape index (κ3) is 4.55. The van der Waals surface area contributed by atoms with Crippen molar-refractivity contribution in [3.8, 4) is 0 Å². The highest BCUT2D eigenvalue weighted by molar-refractivity contribution is 5.87. The number of esters is 1. The van der Waals surface area contributed by atoms with E-state index in [1.807, 2.05) is 13.8 Å². The highest BCUT2D eigenvalue weighted by Gasteiger charge is 2.23. The summed E-state index contributed by atoms with van der Waals surface area (Å²) >= 11 is 0. The predicted molar refractivity (Wildman–Crippen MR) is 83.9 cm³/mol. The minimum atomic E-state index is -0.327. The SMILES string of the molecule is CCn1nc(C)cc1C(=O)OC[C@@H]1CN(CC(C)C)CCO1. The molecule has 0 amide bonds. The maximum absolute atomic E-state index is 12.2. The molecule has 0 spiro atoms. The van der Waals surface area contributed by atoms with E-state index in [1.165, 1.54) is 0 Å².